The third-order valence-electron chi connectivity index (χ3n) is 5.33. The summed E-state index contributed by atoms with van der Waals surface area (Å²) in [4.78, 5) is 26.1. The van der Waals surface area contributed by atoms with Gasteiger partial charge >= 0.3 is 0 Å². The van der Waals surface area contributed by atoms with E-state index in [-0.39, 0.29) is 23.9 Å². The molecule has 0 radical (unpaired) electrons. The molecular weight excluding hydrogens is 252 g/mol. The third kappa shape index (κ3) is 2.62. The molecule has 3 aliphatic rings. The highest BCUT2D eigenvalue weighted by molar-refractivity contribution is 6.05. The van der Waals surface area contributed by atoms with Crippen LogP contribution in [0, 0.1) is 5.41 Å². The number of hydrogen-bond donors (Lipinski definition) is 1. The van der Waals surface area contributed by atoms with Crippen LogP contribution in [-0.2, 0) is 9.59 Å². The van der Waals surface area contributed by atoms with Crippen LogP contribution in [0.2, 0.25) is 0 Å². The molecule has 1 heterocycles. The zero-order valence-corrected chi connectivity index (χ0v) is 12.5. The van der Waals surface area contributed by atoms with Crippen molar-refractivity contribution in [1.29, 1.82) is 0 Å². The second-order valence-corrected chi connectivity index (χ2v) is 6.93. The van der Waals surface area contributed by atoms with Crippen LogP contribution >= 0.6 is 0 Å². The van der Waals surface area contributed by atoms with E-state index >= 15 is 0 Å². The first-order valence-electron chi connectivity index (χ1n) is 8.24. The highest BCUT2D eigenvalue weighted by Crippen LogP contribution is 2.49. The van der Waals surface area contributed by atoms with Gasteiger partial charge in [-0.05, 0) is 37.5 Å². The lowest BCUT2D eigenvalue weighted by atomic mass is 10.0. The van der Waals surface area contributed by atoms with Crippen molar-refractivity contribution >= 4 is 11.8 Å². The molecule has 3 fully saturated rings. The average molecular weight is 278 g/mol. The Kier molecular flexibility index (Phi) is 3.85. The smallest absolute Gasteiger partial charge is 0.247 e. The summed E-state index contributed by atoms with van der Waals surface area (Å²) in [5, 5.41) is 3.39. The first kappa shape index (κ1) is 14.1. The van der Waals surface area contributed by atoms with Gasteiger partial charge in [-0.15, -0.1) is 0 Å². The number of carbonyl (C=O) groups excluding carboxylic acids is 2. The highest BCUT2D eigenvalue weighted by atomic mass is 16.2. The van der Waals surface area contributed by atoms with E-state index in [0.717, 1.165) is 32.2 Å². The predicted octanol–water partition coefficient (Wildman–Crippen LogP) is 2.23. The molecule has 2 aliphatic carbocycles. The topological polar surface area (TPSA) is 49.4 Å². The van der Waals surface area contributed by atoms with Crippen molar-refractivity contribution in [2.75, 3.05) is 6.54 Å². The monoisotopic (exact) mass is 278 g/mol. The summed E-state index contributed by atoms with van der Waals surface area (Å²) in [6, 6.07) is -0.0650. The number of amides is 2. The summed E-state index contributed by atoms with van der Waals surface area (Å²) in [7, 11) is 0. The largest absolute Gasteiger partial charge is 0.305 e. The second-order valence-electron chi connectivity index (χ2n) is 6.93. The van der Waals surface area contributed by atoms with E-state index in [9.17, 15) is 9.59 Å². The third-order valence-corrected chi connectivity index (χ3v) is 5.33. The van der Waals surface area contributed by atoms with Gasteiger partial charge in [0.25, 0.3) is 0 Å². The zero-order valence-electron chi connectivity index (χ0n) is 12.5. The van der Waals surface area contributed by atoms with E-state index in [1.807, 2.05) is 0 Å². The molecule has 20 heavy (non-hydrogen) atoms. The quantitative estimate of drug-likeness (QED) is 0.758. The average Bonchev–Trinajstić information content (AvgIpc) is 2.86. The van der Waals surface area contributed by atoms with Crippen molar-refractivity contribution in [1.82, 2.24) is 10.2 Å². The fourth-order valence-corrected chi connectivity index (χ4v) is 3.92. The number of nitrogens with zero attached hydrogens (tertiary/aromatic N) is 1. The minimum absolute atomic E-state index is 0.0363. The minimum Gasteiger partial charge on any atom is -0.305 e. The lowest BCUT2D eigenvalue weighted by molar-refractivity contribution is -0.141. The number of carbonyl (C=O) groups is 2. The number of imide groups is 1. The van der Waals surface area contributed by atoms with Crippen LogP contribution < -0.4 is 5.32 Å². The van der Waals surface area contributed by atoms with E-state index in [4.69, 9.17) is 0 Å². The minimum atomic E-state index is -0.252. The molecule has 1 saturated heterocycles. The maximum Gasteiger partial charge on any atom is 0.247 e. The number of nitrogens with one attached hydrogen (secondary N) is 1. The lowest BCUT2D eigenvalue weighted by Gasteiger charge is -2.23. The van der Waals surface area contributed by atoms with Gasteiger partial charge in [-0.1, -0.05) is 26.2 Å². The Balaban J connectivity index is 1.56. The van der Waals surface area contributed by atoms with Gasteiger partial charge in [0.15, 0.2) is 0 Å². The molecule has 1 aliphatic heterocycles. The Morgan fingerprint density at radius 1 is 1.25 bits per heavy atom. The molecule has 2 saturated carbocycles. The van der Waals surface area contributed by atoms with Crippen molar-refractivity contribution in [3.63, 3.8) is 0 Å². The Morgan fingerprint density at radius 2 is 1.95 bits per heavy atom. The molecule has 1 unspecified atom stereocenters. The molecule has 0 aromatic heterocycles. The van der Waals surface area contributed by atoms with Crippen molar-refractivity contribution < 1.29 is 9.59 Å². The van der Waals surface area contributed by atoms with E-state index in [0.29, 0.717) is 11.8 Å². The first-order chi connectivity index (χ1) is 9.65. The normalized spacial score (nSPS) is 29.4. The van der Waals surface area contributed by atoms with Crippen molar-refractivity contribution in [2.45, 2.75) is 76.8 Å². The molecule has 4 nitrogen and oxygen atoms in total. The van der Waals surface area contributed by atoms with Crippen LogP contribution in [0.1, 0.15) is 64.7 Å². The molecule has 1 atom stereocenters. The lowest BCUT2D eigenvalue weighted by Crippen LogP contribution is -2.44. The maximum atomic E-state index is 12.4. The number of hydrogen-bond acceptors (Lipinski definition) is 3. The highest BCUT2D eigenvalue weighted by Gasteiger charge is 2.46. The van der Waals surface area contributed by atoms with Crippen LogP contribution in [0.4, 0.5) is 0 Å². The van der Waals surface area contributed by atoms with E-state index in [2.05, 4.69) is 12.2 Å². The van der Waals surface area contributed by atoms with Crippen molar-refractivity contribution in [2.24, 2.45) is 5.41 Å². The fraction of sp³-hybridized carbons (Fsp3) is 0.875. The van der Waals surface area contributed by atoms with E-state index in [1.165, 1.54) is 25.7 Å². The van der Waals surface area contributed by atoms with Crippen LogP contribution in [0.15, 0.2) is 0 Å². The predicted molar refractivity (Wildman–Crippen MR) is 77.1 cm³/mol. The summed E-state index contributed by atoms with van der Waals surface area (Å²) in [5.74, 6) is 0.0777. The second kappa shape index (κ2) is 5.47. The molecule has 3 rings (SSSR count). The van der Waals surface area contributed by atoms with Gasteiger partial charge in [-0.2, -0.15) is 0 Å². The molecule has 0 bridgehead atoms. The Hall–Kier alpha value is -0.900. The van der Waals surface area contributed by atoms with Gasteiger partial charge in [0, 0.05) is 12.6 Å². The van der Waals surface area contributed by atoms with Crippen LogP contribution in [0.5, 0.6) is 0 Å². The Labute approximate surface area is 121 Å². The van der Waals surface area contributed by atoms with Crippen molar-refractivity contribution in [3.8, 4) is 0 Å². The molecule has 0 aromatic carbocycles. The van der Waals surface area contributed by atoms with Gasteiger partial charge in [-0.25, -0.2) is 0 Å². The summed E-state index contributed by atoms with van der Waals surface area (Å²) in [6.07, 6.45) is 9.67. The van der Waals surface area contributed by atoms with Gasteiger partial charge in [0.05, 0.1) is 12.5 Å². The summed E-state index contributed by atoms with van der Waals surface area (Å²) in [6.45, 7) is 3.12. The molecular formula is C16H26N2O2. The summed E-state index contributed by atoms with van der Waals surface area (Å²) >= 11 is 0. The Morgan fingerprint density at radius 3 is 2.55 bits per heavy atom. The van der Waals surface area contributed by atoms with E-state index < -0.39 is 0 Å². The van der Waals surface area contributed by atoms with Gasteiger partial charge < -0.3 is 5.32 Å². The summed E-state index contributed by atoms with van der Waals surface area (Å²) < 4.78 is 0. The SMILES string of the molecule is CCCC1(CNC2CC(=O)N(C3CCCC3)C2=O)CC1. The van der Waals surface area contributed by atoms with Crippen molar-refractivity contribution in [3.05, 3.63) is 0 Å². The molecule has 0 spiro atoms. The standard InChI is InChI=1S/C16H26N2O2/c1-2-7-16(8-9-16)11-17-13-10-14(19)18(15(13)20)12-5-3-4-6-12/h12-13,17H,2-11H2,1H3. The van der Waals surface area contributed by atoms with Crippen LogP contribution in [-0.4, -0.2) is 35.3 Å². The molecule has 1 N–H and O–H groups in total. The van der Waals surface area contributed by atoms with Gasteiger partial charge in [0.1, 0.15) is 0 Å². The van der Waals surface area contributed by atoms with Gasteiger partial charge in [0.2, 0.25) is 11.8 Å². The number of likely N-dealkylation sites (tertiary alicyclic amines) is 1. The van der Waals surface area contributed by atoms with Crippen LogP contribution in [0.3, 0.4) is 0 Å². The Bertz CT molecular complexity index is 397. The number of rotatable bonds is 6. The maximum absolute atomic E-state index is 12.4. The van der Waals surface area contributed by atoms with Crippen LogP contribution in [0.25, 0.3) is 0 Å². The summed E-state index contributed by atoms with van der Waals surface area (Å²) in [5.41, 5.74) is 0.429. The zero-order chi connectivity index (χ0) is 14.2. The first-order valence-corrected chi connectivity index (χ1v) is 8.24. The molecule has 112 valence electrons. The molecule has 0 aromatic rings. The van der Waals surface area contributed by atoms with Gasteiger partial charge in [-0.3, -0.25) is 14.5 Å². The molecule has 4 heteroatoms. The fourth-order valence-electron chi connectivity index (χ4n) is 3.92. The molecule has 2 amide bonds. The van der Waals surface area contributed by atoms with E-state index in [1.54, 1.807) is 4.90 Å².